The van der Waals surface area contributed by atoms with Crippen molar-refractivity contribution in [3.63, 3.8) is 0 Å². The average Bonchev–Trinajstić information content (AvgIpc) is 2.56. The molecule has 132 valence electrons. The molecule has 0 radical (unpaired) electrons. The molecule has 1 aromatic rings. The third kappa shape index (κ3) is 4.71. The molecule has 2 saturated heterocycles. The van der Waals surface area contributed by atoms with Gasteiger partial charge >= 0.3 is 0 Å². The first-order valence-electron chi connectivity index (χ1n) is 9.18. The molecular formula is C19H29N3O2. The Hall–Kier alpha value is -1.59. The van der Waals surface area contributed by atoms with Gasteiger partial charge in [-0.15, -0.1) is 0 Å². The Kier molecular flexibility index (Phi) is 6.10. The number of hydrogen-bond donors (Lipinski definition) is 3. The molecule has 0 aliphatic carbocycles. The Morgan fingerprint density at radius 1 is 1.25 bits per heavy atom. The van der Waals surface area contributed by atoms with E-state index >= 15 is 0 Å². The molecule has 0 aromatic heterocycles. The molecule has 2 heterocycles. The maximum absolute atomic E-state index is 12.2. The highest BCUT2D eigenvalue weighted by molar-refractivity contribution is 5.96. The molecule has 5 heteroatoms. The number of nitrogens with one attached hydrogen (secondary N) is 3. The number of rotatable bonds is 7. The summed E-state index contributed by atoms with van der Waals surface area (Å²) >= 11 is 0. The van der Waals surface area contributed by atoms with Gasteiger partial charge in [-0.05, 0) is 75.4 Å². The molecule has 0 spiro atoms. The molecule has 2 fully saturated rings. The van der Waals surface area contributed by atoms with E-state index in [1.54, 1.807) is 0 Å². The van der Waals surface area contributed by atoms with Crippen LogP contribution in [0.2, 0.25) is 0 Å². The van der Waals surface area contributed by atoms with E-state index in [9.17, 15) is 4.79 Å². The van der Waals surface area contributed by atoms with E-state index in [1.165, 1.54) is 19.3 Å². The second kappa shape index (κ2) is 8.49. The minimum Gasteiger partial charge on any atom is -0.494 e. The van der Waals surface area contributed by atoms with Crippen molar-refractivity contribution in [1.82, 2.24) is 16.0 Å². The lowest BCUT2D eigenvalue weighted by molar-refractivity contribution is 0.0923. The van der Waals surface area contributed by atoms with Crippen LogP contribution in [-0.4, -0.2) is 44.7 Å². The van der Waals surface area contributed by atoms with E-state index < -0.39 is 0 Å². The van der Waals surface area contributed by atoms with Gasteiger partial charge in [0, 0.05) is 18.7 Å². The van der Waals surface area contributed by atoms with E-state index in [4.69, 9.17) is 4.74 Å². The molecule has 1 amide bonds. The van der Waals surface area contributed by atoms with Crippen LogP contribution in [0.4, 0.5) is 0 Å². The van der Waals surface area contributed by atoms with Gasteiger partial charge in [0.25, 0.3) is 5.91 Å². The zero-order valence-electron chi connectivity index (χ0n) is 14.6. The van der Waals surface area contributed by atoms with Crippen LogP contribution < -0.4 is 20.7 Å². The number of amides is 1. The predicted molar refractivity (Wildman–Crippen MR) is 95.6 cm³/mol. The first-order valence-corrected chi connectivity index (χ1v) is 9.18. The normalized spacial score (nSPS) is 18.9. The molecule has 0 saturated carbocycles. The second-order valence-electron chi connectivity index (χ2n) is 6.99. The van der Waals surface area contributed by atoms with Crippen molar-refractivity contribution in [3.8, 4) is 5.75 Å². The highest BCUT2D eigenvalue weighted by atomic mass is 16.5. The monoisotopic (exact) mass is 331 g/mol. The summed E-state index contributed by atoms with van der Waals surface area (Å²) < 4.78 is 5.87. The van der Waals surface area contributed by atoms with Crippen molar-refractivity contribution >= 4 is 5.91 Å². The summed E-state index contributed by atoms with van der Waals surface area (Å²) in [4.78, 5) is 12.2. The van der Waals surface area contributed by atoms with Gasteiger partial charge in [-0.3, -0.25) is 4.79 Å². The lowest BCUT2D eigenvalue weighted by Gasteiger charge is -2.28. The summed E-state index contributed by atoms with van der Waals surface area (Å²) in [5.41, 5.74) is 1.71. The van der Waals surface area contributed by atoms with Gasteiger partial charge in [-0.2, -0.15) is 0 Å². The summed E-state index contributed by atoms with van der Waals surface area (Å²) in [5, 5.41) is 9.59. The van der Waals surface area contributed by atoms with E-state index in [2.05, 4.69) is 16.0 Å². The van der Waals surface area contributed by atoms with Crippen LogP contribution in [0, 0.1) is 12.8 Å². The van der Waals surface area contributed by atoms with Crippen LogP contribution in [0.3, 0.4) is 0 Å². The fourth-order valence-corrected chi connectivity index (χ4v) is 3.37. The van der Waals surface area contributed by atoms with E-state index in [-0.39, 0.29) is 11.9 Å². The van der Waals surface area contributed by atoms with E-state index in [0.29, 0.717) is 0 Å². The average molecular weight is 331 g/mol. The lowest BCUT2D eigenvalue weighted by atomic mass is 9.93. The van der Waals surface area contributed by atoms with Crippen LogP contribution in [0.15, 0.2) is 18.2 Å². The lowest BCUT2D eigenvalue weighted by Crippen LogP contribution is -2.57. The molecule has 24 heavy (non-hydrogen) atoms. The minimum atomic E-state index is 0.0106. The van der Waals surface area contributed by atoms with Crippen molar-refractivity contribution in [1.29, 1.82) is 0 Å². The second-order valence-corrected chi connectivity index (χ2v) is 6.99. The van der Waals surface area contributed by atoms with Crippen molar-refractivity contribution in [3.05, 3.63) is 29.3 Å². The Morgan fingerprint density at radius 2 is 2.04 bits per heavy atom. The summed E-state index contributed by atoms with van der Waals surface area (Å²) in [6, 6.07) is 6.02. The summed E-state index contributed by atoms with van der Waals surface area (Å²) in [6.45, 7) is 6.76. The number of carbonyl (C=O) groups excluding carboxylic acids is 1. The first-order chi connectivity index (χ1) is 11.7. The van der Waals surface area contributed by atoms with E-state index in [1.807, 2.05) is 25.1 Å². The SMILES string of the molecule is Cc1cc(OCCCC2CCNCC2)ccc1C(=O)NC1CNC1. The fourth-order valence-electron chi connectivity index (χ4n) is 3.37. The molecule has 2 aliphatic heterocycles. The summed E-state index contributed by atoms with van der Waals surface area (Å²) in [5.74, 6) is 1.72. The maximum Gasteiger partial charge on any atom is 0.251 e. The summed E-state index contributed by atoms with van der Waals surface area (Å²) in [7, 11) is 0. The third-order valence-electron chi connectivity index (χ3n) is 5.04. The van der Waals surface area contributed by atoms with Crippen molar-refractivity contribution in [2.45, 2.75) is 38.6 Å². The van der Waals surface area contributed by atoms with Crippen molar-refractivity contribution < 1.29 is 9.53 Å². The van der Waals surface area contributed by atoms with Crippen LogP contribution in [0.25, 0.3) is 0 Å². The Morgan fingerprint density at radius 3 is 2.71 bits per heavy atom. The van der Waals surface area contributed by atoms with Crippen LogP contribution in [0.5, 0.6) is 5.75 Å². The number of benzene rings is 1. The third-order valence-corrected chi connectivity index (χ3v) is 5.04. The minimum absolute atomic E-state index is 0.0106. The van der Waals surface area contributed by atoms with Gasteiger partial charge in [0.15, 0.2) is 0 Å². The van der Waals surface area contributed by atoms with Crippen molar-refractivity contribution in [2.24, 2.45) is 5.92 Å². The standard InChI is InChI=1S/C19H29N3O2/c1-14-11-17(24-10-2-3-15-6-8-20-9-7-15)4-5-18(14)19(23)22-16-12-21-13-16/h4-5,11,15-16,20-21H,2-3,6-10,12-13H2,1H3,(H,22,23). The number of hydrogen-bond acceptors (Lipinski definition) is 4. The van der Waals surface area contributed by atoms with Gasteiger partial charge in [-0.25, -0.2) is 0 Å². The van der Waals surface area contributed by atoms with Gasteiger partial charge in [0.05, 0.1) is 12.6 Å². The Balaban J connectivity index is 1.42. The fraction of sp³-hybridized carbons (Fsp3) is 0.632. The van der Waals surface area contributed by atoms with Crippen LogP contribution >= 0.6 is 0 Å². The smallest absolute Gasteiger partial charge is 0.251 e. The molecular weight excluding hydrogens is 302 g/mol. The Bertz CT molecular complexity index is 552. The highest BCUT2D eigenvalue weighted by Crippen LogP contribution is 2.20. The zero-order valence-corrected chi connectivity index (χ0v) is 14.6. The number of piperidine rings is 1. The highest BCUT2D eigenvalue weighted by Gasteiger charge is 2.20. The summed E-state index contributed by atoms with van der Waals surface area (Å²) in [6.07, 6.45) is 4.93. The molecule has 2 aliphatic rings. The van der Waals surface area contributed by atoms with Crippen LogP contribution in [-0.2, 0) is 0 Å². The molecule has 5 nitrogen and oxygen atoms in total. The number of aryl methyl sites for hydroxylation is 1. The van der Waals surface area contributed by atoms with Gasteiger partial charge in [0.1, 0.15) is 5.75 Å². The van der Waals surface area contributed by atoms with Crippen molar-refractivity contribution in [2.75, 3.05) is 32.8 Å². The van der Waals surface area contributed by atoms with Crippen LogP contribution in [0.1, 0.15) is 41.6 Å². The quantitative estimate of drug-likeness (QED) is 0.668. The molecule has 1 aromatic carbocycles. The molecule has 0 unspecified atom stereocenters. The largest absolute Gasteiger partial charge is 0.494 e. The maximum atomic E-state index is 12.2. The zero-order chi connectivity index (χ0) is 16.8. The molecule has 3 rings (SSSR count). The van der Waals surface area contributed by atoms with Gasteiger partial charge in [-0.1, -0.05) is 0 Å². The number of carbonyl (C=O) groups is 1. The van der Waals surface area contributed by atoms with Gasteiger partial charge < -0.3 is 20.7 Å². The Labute approximate surface area is 144 Å². The number of ether oxygens (including phenoxy) is 1. The molecule has 0 bridgehead atoms. The predicted octanol–water partition coefficient (Wildman–Crippen LogP) is 1.86. The van der Waals surface area contributed by atoms with Gasteiger partial charge in [0.2, 0.25) is 0 Å². The molecule has 0 atom stereocenters. The molecule has 3 N–H and O–H groups in total. The first kappa shape index (κ1) is 17.2. The topological polar surface area (TPSA) is 62.4 Å². The van der Waals surface area contributed by atoms with E-state index in [0.717, 1.165) is 62.0 Å².